The zero-order valence-electron chi connectivity index (χ0n) is 22.2. The van der Waals surface area contributed by atoms with Gasteiger partial charge in [-0.05, 0) is 39.5 Å². The highest BCUT2D eigenvalue weighted by molar-refractivity contribution is 8.15. The van der Waals surface area contributed by atoms with Crippen LogP contribution in [0.15, 0.2) is 0 Å². The molecule has 20 heteroatoms. The van der Waals surface area contributed by atoms with Crippen LogP contribution in [-0.4, -0.2) is 68.0 Å². The molecule has 0 saturated carbocycles. The van der Waals surface area contributed by atoms with E-state index in [1.807, 2.05) is 18.9 Å². The monoisotopic (exact) mass is 642 g/mol. The van der Waals surface area contributed by atoms with Gasteiger partial charge >= 0.3 is 0 Å². The van der Waals surface area contributed by atoms with E-state index < -0.39 is 74.4 Å². The normalized spacial score (nSPS) is 13.1. The Bertz CT molecular complexity index is 1230. The fourth-order valence-corrected chi connectivity index (χ4v) is 13.7. The molecule has 0 heterocycles. The lowest BCUT2D eigenvalue weighted by molar-refractivity contribution is 0.477. The van der Waals surface area contributed by atoms with Crippen molar-refractivity contribution in [3.8, 4) is 24.3 Å². The predicted octanol–water partition coefficient (Wildman–Crippen LogP) is -0.688. The number of nitrogens with one attached hydrogen (secondary N) is 4. The molecule has 16 nitrogen and oxygen atoms in total. The van der Waals surface area contributed by atoms with Gasteiger partial charge in [-0.2, -0.15) is 21.0 Å². The minimum absolute atomic E-state index is 0.101. The number of unbranched alkanes of at least 4 members (excludes halogenated alkanes) is 4. The van der Waals surface area contributed by atoms with Crippen LogP contribution in [0.25, 0.3) is 0 Å². The van der Waals surface area contributed by atoms with Crippen LogP contribution in [0.5, 0.6) is 0 Å². The Balaban J connectivity index is 7.39. The van der Waals surface area contributed by atoms with Crippen molar-refractivity contribution in [1.82, 2.24) is 18.9 Å². The van der Waals surface area contributed by atoms with Crippen LogP contribution in [0.1, 0.15) is 65.2 Å². The first-order chi connectivity index (χ1) is 18.5. The van der Waals surface area contributed by atoms with Gasteiger partial charge in [0, 0.05) is 51.9 Å². The van der Waals surface area contributed by atoms with E-state index in [4.69, 9.17) is 21.0 Å². The SMILES string of the molecule is CC(C(C)(S(=O)(=O)NCCCC#N)S(=O)(=O)NCCCC#N)(S(=O)(=O)NCCCC#N)S(=O)(=O)NCCCC#N. The van der Waals surface area contributed by atoms with E-state index in [1.54, 1.807) is 24.3 Å². The average Bonchev–Trinajstić information content (AvgIpc) is 2.88. The molecule has 0 radical (unpaired) electrons. The first kappa shape index (κ1) is 37.6. The van der Waals surface area contributed by atoms with Crippen molar-refractivity contribution in [2.75, 3.05) is 26.2 Å². The maximum Gasteiger partial charge on any atom is 0.235 e. The summed E-state index contributed by atoms with van der Waals surface area (Å²) in [5.74, 6) is 0. The quantitative estimate of drug-likeness (QED) is 0.113. The Morgan fingerprint density at radius 1 is 0.450 bits per heavy atom. The van der Waals surface area contributed by atoms with Gasteiger partial charge in [0.2, 0.25) is 48.3 Å². The fourth-order valence-electron chi connectivity index (χ4n) is 3.31. The average molecular weight is 643 g/mol. The van der Waals surface area contributed by atoms with Crippen LogP contribution in [0, 0.1) is 45.3 Å². The predicted molar refractivity (Wildman–Crippen MR) is 144 cm³/mol. The van der Waals surface area contributed by atoms with Gasteiger partial charge in [-0.1, -0.05) is 0 Å². The summed E-state index contributed by atoms with van der Waals surface area (Å²) in [5, 5.41) is 35.0. The highest BCUT2D eigenvalue weighted by Gasteiger charge is 2.74. The zero-order chi connectivity index (χ0) is 31.1. The summed E-state index contributed by atoms with van der Waals surface area (Å²) in [5.41, 5.74) is 0. The van der Waals surface area contributed by atoms with Gasteiger partial charge in [-0.15, -0.1) is 0 Å². The summed E-state index contributed by atoms with van der Waals surface area (Å²) in [6.45, 7) is -1.19. The van der Waals surface area contributed by atoms with E-state index in [0.29, 0.717) is 13.8 Å². The summed E-state index contributed by atoms with van der Waals surface area (Å²) in [6, 6.07) is 7.04. The molecule has 4 N–H and O–H groups in total. The van der Waals surface area contributed by atoms with Crippen LogP contribution in [0.4, 0.5) is 0 Å². The van der Waals surface area contributed by atoms with Crippen molar-refractivity contribution < 1.29 is 33.7 Å². The number of sulfonamides is 4. The summed E-state index contributed by atoms with van der Waals surface area (Å²) < 4.78 is 110. The van der Waals surface area contributed by atoms with Gasteiger partial charge in [-0.3, -0.25) is 0 Å². The van der Waals surface area contributed by atoms with Crippen LogP contribution in [0.2, 0.25) is 0 Å². The first-order valence-electron chi connectivity index (χ1n) is 11.9. The van der Waals surface area contributed by atoms with E-state index in [2.05, 4.69) is 0 Å². The number of hydrogen-bond acceptors (Lipinski definition) is 12. The lowest BCUT2D eigenvalue weighted by atomic mass is 10.3. The van der Waals surface area contributed by atoms with Crippen molar-refractivity contribution in [3.05, 3.63) is 0 Å². The van der Waals surface area contributed by atoms with E-state index in [-0.39, 0.29) is 51.4 Å². The molecule has 0 rings (SSSR count). The molecule has 0 aliphatic heterocycles. The molecule has 0 aliphatic rings. The molecule has 0 spiro atoms. The van der Waals surface area contributed by atoms with Crippen LogP contribution in [-0.2, 0) is 40.1 Å². The summed E-state index contributed by atoms with van der Waals surface area (Å²) in [4.78, 5) is 0. The fraction of sp³-hybridized carbons (Fsp3) is 0.800. The Kier molecular flexibility index (Phi) is 15.2. The van der Waals surface area contributed by atoms with Crippen molar-refractivity contribution in [1.29, 1.82) is 21.0 Å². The maximum absolute atomic E-state index is 13.7. The Hall–Kier alpha value is -2.40. The van der Waals surface area contributed by atoms with Gasteiger partial charge in [0.15, 0.2) is 0 Å². The maximum atomic E-state index is 13.7. The first-order valence-corrected chi connectivity index (χ1v) is 17.9. The van der Waals surface area contributed by atoms with E-state index in [1.165, 1.54) is 0 Å². The van der Waals surface area contributed by atoms with Gasteiger partial charge in [0.05, 0.1) is 24.3 Å². The topological polar surface area (TPSA) is 280 Å². The number of rotatable bonds is 21. The van der Waals surface area contributed by atoms with Crippen LogP contribution in [0.3, 0.4) is 0 Å². The zero-order valence-corrected chi connectivity index (χ0v) is 25.4. The molecule has 0 saturated heterocycles. The number of nitriles is 4. The number of nitrogens with zero attached hydrogens (tertiary/aromatic N) is 4. The molecule has 0 aliphatic carbocycles. The minimum Gasteiger partial charge on any atom is -0.214 e. The summed E-state index contributed by atoms with van der Waals surface area (Å²) in [6.07, 6.45) is -0.986. The molecular formula is C20H34N8O8S4. The molecule has 226 valence electrons. The van der Waals surface area contributed by atoms with Crippen molar-refractivity contribution in [2.24, 2.45) is 0 Å². The smallest absolute Gasteiger partial charge is 0.214 e. The van der Waals surface area contributed by atoms with Crippen LogP contribution < -0.4 is 18.9 Å². The molecule has 40 heavy (non-hydrogen) atoms. The molecule has 0 aromatic heterocycles. The standard InChI is InChI=1S/C20H34N8O8S4/c1-19(37(29,30)25-15-7-3-11-21,38(31,32)26-16-8-4-12-22)20(2,39(33,34)27-17-9-5-13-23)40(35,36)28-18-10-6-14-24/h25-28H,3-10,15-18H2,1-2H3. The summed E-state index contributed by atoms with van der Waals surface area (Å²) in [7, 11) is -21.7. The Labute approximate surface area is 236 Å². The second-order valence-electron chi connectivity index (χ2n) is 8.53. The Morgan fingerprint density at radius 3 is 0.775 bits per heavy atom. The highest BCUT2D eigenvalue weighted by atomic mass is 32.3. The van der Waals surface area contributed by atoms with E-state index >= 15 is 0 Å². The second-order valence-corrected chi connectivity index (χ2v) is 17.5. The van der Waals surface area contributed by atoms with Crippen LogP contribution >= 0.6 is 0 Å². The van der Waals surface area contributed by atoms with Crippen molar-refractivity contribution >= 4 is 40.1 Å². The molecule has 0 amide bonds. The number of hydrogen-bond donors (Lipinski definition) is 4. The third-order valence-electron chi connectivity index (χ3n) is 5.91. The van der Waals surface area contributed by atoms with E-state index in [0.717, 1.165) is 0 Å². The van der Waals surface area contributed by atoms with Crippen molar-refractivity contribution in [3.63, 3.8) is 0 Å². The van der Waals surface area contributed by atoms with Gasteiger partial charge < -0.3 is 0 Å². The van der Waals surface area contributed by atoms with Crippen molar-refractivity contribution in [2.45, 2.75) is 73.4 Å². The van der Waals surface area contributed by atoms with Gasteiger partial charge in [-0.25, -0.2) is 52.6 Å². The lowest BCUT2D eigenvalue weighted by Gasteiger charge is -2.42. The van der Waals surface area contributed by atoms with Gasteiger partial charge in [0.1, 0.15) is 0 Å². The third kappa shape index (κ3) is 8.55. The minimum atomic E-state index is -5.42. The molecule has 0 aromatic carbocycles. The molecule has 0 aromatic rings. The van der Waals surface area contributed by atoms with E-state index in [9.17, 15) is 33.7 Å². The molecule has 0 atom stereocenters. The molecular weight excluding hydrogens is 609 g/mol. The Morgan fingerprint density at radius 2 is 0.625 bits per heavy atom. The highest BCUT2D eigenvalue weighted by Crippen LogP contribution is 2.43. The van der Waals surface area contributed by atoms with Gasteiger partial charge in [0.25, 0.3) is 0 Å². The molecule has 0 fully saturated rings. The molecule has 0 bridgehead atoms. The lowest BCUT2D eigenvalue weighted by Crippen LogP contribution is -2.74. The molecule has 0 unspecified atom stereocenters. The summed E-state index contributed by atoms with van der Waals surface area (Å²) >= 11 is 0. The third-order valence-corrected chi connectivity index (χ3v) is 17.1. The largest absolute Gasteiger partial charge is 0.235 e. The second kappa shape index (κ2) is 16.1.